The van der Waals surface area contributed by atoms with Crippen LogP contribution in [0.25, 0.3) is 10.1 Å². The zero-order chi connectivity index (χ0) is 15.3. The van der Waals surface area contributed by atoms with Crippen molar-refractivity contribution in [1.82, 2.24) is 0 Å². The van der Waals surface area contributed by atoms with E-state index < -0.39 is 11.7 Å². The van der Waals surface area contributed by atoms with Gasteiger partial charge in [0.2, 0.25) is 0 Å². The van der Waals surface area contributed by atoms with E-state index >= 15 is 0 Å². The van der Waals surface area contributed by atoms with Gasteiger partial charge in [-0.25, -0.2) is 0 Å². The first-order chi connectivity index (χ1) is 10.6. The van der Waals surface area contributed by atoms with Crippen molar-refractivity contribution >= 4 is 50.4 Å². The molecule has 3 nitrogen and oxygen atoms in total. The van der Waals surface area contributed by atoms with E-state index in [1.54, 1.807) is 17.4 Å². The third kappa shape index (κ3) is 2.03. The molecule has 0 spiro atoms. The Kier molecular flexibility index (Phi) is 3.03. The Labute approximate surface area is 135 Å². The minimum atomic E-state index is -0.555. The second-order valence-corrected chi connectivity index (χ2v) is 6.55. The van der Waals surface area contributed by atoms with Crippen LogP contribution in [0.15, 0.2) is 41.8 Å². The van der Waals surface area contributed by atoms with Gasteiger partial charge >= 0.3 is 0 Å². The van der Waals surface area contributed by atoms with Crippen LogP contribution >= 0.6 is 22.9 Å². The normalized spacial score (nSPS) is 13.5. The van der Waals surface area contributed by atoms with Gasteiger partial charge in [0.25, 0.3) is 11.7 Å². The summed E-state index contributed by atoms with van der Waals surface area (Å²) in [5.41, 5.74) is 3.07. The molecule has 0 bridgehead atoms. The Morgan fingerprint density at radius 2 is 1.95 bits per heavy atom. The molecule has 0 fully saturated rings. The van der Waals surface area contributed by atoms with E-state index in [1.165, 1.54) is 0 Å². The maximum absolute atomic E-state index is 12.0. The number of fused-ring (bicyclic) bond motifs is 2. The molecule has 2 heterocycles. The summed E-state index contributed by atoms with van der Waals surface area (Å²) in [5, 5.41) is 6.47. The molecule has 1 amide bonds. The summed E-state index contributed by atoms with van der Waals surface area (Å²) < 4.78 is 1.16. The molecule has 0 unspecified atom stereocenters. The number of ketones is 1. The standard InChI is InChI=1S/C17H10ClNO2S/c18-11-4-5-14-12(7-11)10(8-22-14)6-9-2-1-3-13-15(9)16(20)17(21)19-13/h1-5,7-8H,6H2,(H,19,20,21). The van der Waals surface area contributed by atoms with E-state index in [1.807, 2.05) is 30.3 Å². The lowest BCUT2D eigenvalue weighted by atomic mass is 9.97. The number of rotatable bonds is 2. The van der Waals surface area contributed by atoms with Gasteiger partial charge in [-0.1, -0.05) is 23.7 Å². The number of amides is 1. The topological polar surface area (TPSA) is 46.2 Å². The number of anilines is 1. The minimum Gasteiger partial charge on any atom is -0.318 e. The number of carbonyl (C=O) groups is 2. The Morgan fingerprint density at radius 3 is 2.82 bits per heavy atom. The molecule has 0 aliphatic carbocycles. The van der Waals surface area contributed by atoms with Crippen molar-refractivity contribution in [3.05, 3.63) is 63.5 Å². The van der Waals surface area contributed by atoms with Crippen molar-refractivity contribution in [3.8, 4) is 0 Å². The average Bonchev–Trinajstić information content (AvgIpc) is 3.02. The zero-order valence-corrected chi connectivity index (χ0v) is 12.9. The third-order valence-corrected chi connectivity index (χ3v) is 5.08. The van der Waals surface area contributed by atoms with Gasteiger partial charge in [-0.2, -0.15) is 0 Å². The van der Waals surface area contributed by atoms with Crippen LogP contribution in [0.3, 0.4) is 0 Å². The van der Waals surface area contributed by atoms with Gasteiger partial charge in [0, 0.05) is 9.72 Å². The predicted molar refractivity (Wildman–Crippen MR) is 89.0 cm³/mol. The lowest BCUT2D eigenvalue weighted by molar-refractivity contribution is -0.112. The van der Waals surface area contributed by atoms with Crippen molar-refractivity contribution in [3.63, 3.8) is 0 Å². The number of carbonyl (C=O) groups excluding carboxylic acids is 2. The largest absolute Gasteiger partial charge is 0.318 e. The van der Waals surface area contributed by atoms with Crippen molar-refractivity contribution in [2.45, 2.75) is 6.42 Å². The van der Waals surface area contributed by atoms with Crippen LogP contribution in [-0.4, -0.2) is 11.7 Å². The van der Waals surface area contributed by atoms with Crippen molar-refractivity contribution < 1.29 is 9.59 Å². The molecule has 3 aromatic rings. The van der Waals surface area contributed by atoms with Crippen LogP contribution in [0.5, 0.6) is 0 Å². The Hall–Kier alpha value is -2.17. The molecule has 0 saturated carbocycles. The fraction of sp³-hybridized carbons (Fsp3) is 0.0588. The van der Waals surface area contributed by atoms with Crippen molar-refractivity contribution in [1.29, 1.82) is 0 Å². The summed E-state index contributed by atoms with van der Waals surface area (Å²) in [6.07, 6.45) is 0.601. The summed E-state index contributed by atoms with van der Waals surface area (Å²) in [4.78, 5) is 23.6. The van der Waals surface area contributed by atoms with Crippen molar-refractivity contribution in [2.24, 2.45) is 0 Å². The van der Waals surface area contributed by atoms with Crippen molar-refractivity contribution in [2.75, 3.05) is 5.32 Å². The lowest BCUT2D eigenvalue weighted by Gasteiger charge is -2.06. The van der Waals surface area contributed by atoms with E-state index in [4.69, 9.17) is 11.6 Å². The maximum Gasteiger partial charge on any atom is 0.296 e. The smallest absolute Gasteiger partial charge is 0.296 e. The van der Waals surface area contributed by atoms with E-state index in [9.17, 15) is 9.59 Å². The highest BCUT2D eigenvalue weighted by atomic mass is 35.5. The van der Waals surface area contributed by atoms with E-state index in [0.717, 1.165) is 21.2 Å². The molecule has 4 rings (SSSR count). The Balaban J connectivity index is 1.82. The van der Waals surface area contributed by atoms with Gasteiger partial charge in [0.05, 0.1) is 11.3 Å². The monoisotopic (exact) mass is 327 g/mol. The molecular weight excluding hydrogens is 318 g/mol. The van der Waals surface area contributed by atoms with Crippen LogP contribution in [0.2, 0.25) is 5.02 Å². The summed E-state index contributed by atoms with van der Waals surface area (Å²) in [5.74, 6) is -1.01. The molecule has 1 aliphatic heterocycles. The molecule has 0 radical (unpaired) electrons. The van der Waals surface area contributed by atoms with Gasteiger partial charge < -0.3 is 5.32 Å². The van der Waals surface area contributed by atoms with E-state index in [0.29, 0.717) is 22.7 Å². The highest BCUT2D eigenvalue weighted by Gasteiger charge is 2.30. The van der Waals surface area contributed by atoms with Gasteiger partial charge in [0.1, 0.15) is 0 Å². The van der Waals surface area contributed by atoms with Crippen LogP contribution < -0.4 is 5.32 Å². The van der Waals surface area contributed by atoms with Gasteiger partial charge in [0.15, 0.2) is 0 Å². The fourth-order valence-electron chi connectivity index (χ4n) is 2.81. The molecule has 5 heteroatoms. The fourth-order valence-corrected chi connectivity index (χ4v) is 3.92. The van der Waals surface area contributed by atoms with Crippen LogP contribution in [0.4, 0.5) is 5.69 Å². The number of hydrogen-bond donors (Lipinski definition) is 1. The number of hydrogen-bond acceptors (Lipinski definition) is 3. The molecule has 1 aliphatic rings. The highest BCUT2D eigenvalue weighted by Crippen LogP contribution is 2.33. The molecule has 2 aromatic carbocycles. The molecular formula is C17H10ClNO2S. The van der Waals surface area contributed by atoms with E-state index in [-0.39, 0.29) is 0 Å². The highest BCUT2D eigenvalue weighted by molar-refractivity contribution is 7.17. The summed E-state index contributed by atoms with van der Waals surface area (Å²) in [7, 11) is 0. The molecule has 22 heavy (non-hydrogen) atoms. The zero-order valence-electron chi connectivity index (χ0n) is 11.4. The summed E-state index contributed by atoms with van der Waals surface area (Å²) >= 11 is 7.73. The summed E-state index contributed by atoms with van der Waals surface area (Å²) in [6.45, 7) is 0. The third-order valence-electron chi connectivity index (χ3n) is 3.83. The average molecular weight is 328 g/mol. The molecule has 0 atom stereocenters. The minimum absolute atomic E-state index is 0.455. The van der Waals surface area contributed by atoms with Crippen LogP contribution in [0.1, 0.15) is 21.5 Å². The van der Waals surface area contributed by atoms with Gasteiger partial charge in [-0.3, -0.25) is 9.59 Å². The second kappa shape index (κ2) is 4.93. The Bertz CT molecular complexity index is 945. The quantitative estimate of drug-likeness (QED) is 0.714. The number of halogens is 1. The first-order valence-electron chi connectivity index (χ1n) is 6.76. The SMILES string of the molecule is O=C1Nc2cccc(Cc3csc4ccc(Cl)cc34)c2C1=O. The first-order valence-corrected chi connectivity index (χ1v) is 8.02. The number of benzene rings is 2. The number of thiophene rings is 1. The number of Topliss-reactive ketones (excluding diaryl/α,β-unsaturated/α-hetero) is 1. The van der Waals surface area contributed by atoms with Gasteiger partial charge in [-0.05, 0) is 52.6 Å². The van der Waals surface area contributed by atoms with Gasteiger partial charge in [-0.15, -0.1) is 11.3 Å². The predicted octanol–water partition coefficient (Wildman–Crippen LogP) is 4.28. The molecule has 1 N–H and O–H groups in total. The number of nitrogens with one attached hydrogen (secondary N) is 1. The first kappa shape index (κ1) is 13.5. The maximum atomic E-state index is 12.0. The second-order valence-electron chi connectivity index (χ2n) is 5.20. The van der Waals surface area contributed by atoms with Crippen LogP contribution in [0, 0.1) is 0 Å². The Morgan fingerprint density at radius 1 is 1.09 bits per heavy atom. The van der Waals surface area contributed by atoms with E-state index in [2.05, 4.69) is 10.7 Å². The van der Waals surface area contributed by atoms with Crippen LogP contribution in [-0.2, 0) is 11.2 Å². The lowest BCUT2D eigenvalue weighted by Crippen LogP contribution is -2.13. The molecule has 108 valence electrons. The molecule has 0 saturated heterocycles. The molecule has 1 aromatic heterocycles. The summed E-state index contributed by atoms with van der Waals surface area (Å²) in [6, 6.07) is 11.3.